The van der Waals surface area contributed by atoms with Gasteiger partial charge in [-0.05, 0) is 24.7 Å². The van der Waals surface area contributed by atoms with E-state index in [-0.39, 0.29) is 16.8 Å². The van der Waals surface area contributed by atoms with Gasteiger partial charge in [-0.25, -0.2) is 4.39 Å². The maximum Gasteiger partial charge on any atom is 0.223 e. The van der Waals surface area contributed by atoms with Crippen LogP contribution in [0.15, 0.2) is 18.2 Å². The summed E-state index contributed by atoms with van der Waals surface area (Å²) in [6.45, 7) is 1.57. The van der Waals surface area contributed by atoms with Crippen molar-refractivity contribution in [1.82, 2.24) is 15.3 Å². The van der Waals surface area contributed by atoms with Gasteiger partial charge in [0.2, 0.25) is 5.95 Å². The first-order chi connectivity index (χ1) is 10.5. The Morgan fingerprint density at radius 3 is 2.68 bits per heavy atom. The maximum atomic E-state index is 13.4. The maximum absolute atomic E-state index is 13.4. The number of halogens is 2. The Balaban J connectivity index is 2.08. The summed E-state index contributed by atoms with van der Waals surface area (Å²) >= 11 is 5.87. The van der Waals surface area contributed by atoms with Crippen LogP contribution < -0.4 is 21.7 Å². The molecule has 116 valence electrons. The molecule has 0 aliphatic carbocycles. The highest BCUT2D eigenvalue weighted by Gasteiger charge is 2.30. The monoisotopic (exact) mass is 322 g/mol. The largest absolute Gasteiger partial charge is 0.383 e. The van der Waals surface area contributed by atoms with Gasteiger partial charge < -0.3 is 21.7 Å². The molecule has 0 spiro atoms. The third-order valence-corrected chi connectivity index (χ3v) is 4.02. The molecule has 0 unspecified atom stereocenters. The molecule has 8 heteroatoms. The van der Waals surface area contributed by atoms with Crippen molar-refractivity contribution in [3.05, 3.63) is 29.0 Å². The zero-order valence-electron chi connectivity index (χ0n) is 12.0. The second-order valence-corrected chi connectivity index (χ2v) is 5.59. The van der Waals surface area contributed by atoms with E-state index in [4.69, 9.17) is 23.1 Å². The minimum absolute atomic E-state index is 0.0244. The number of anilines is 3. The predicted octanol–water partition coefficient (Wildman–Crippen LogP) is 1.51. The third kappa shape index (κ3) is 2.53. The summed E-state index contributed by atoms with van der Waals surface area (Å²) < 4.78 is 13.4. The summed E-state index contributed by atoms with van der Waals surface area (Å²) in [5, 5.41) is 3.21. The van der Waals surface area contributed by atoms with Crippen LogP contribution in [0.4, 0.5) is 22.0 Å². The summed E-state index contributed by atoms with van der Waals surface area (Å²) in [6.07, 6.45) is 0. The summed E-state index contributed by atoms with van der Waals surface area (Å²) in [5.74, 6) is 0.510. The van der Waals surface area contributed by atoms with Crippen molar-refractivity contribution in [3.63, 3.8) is 0 Å². The summed E-state index contributed by atoms with van der Waals surface area (Å²) in [6, 6.07) is 4.80. The molecule has 0 radical (unpaired) electrons. The average Bonchev–Trinajstić information content (AvgIpc) is 2.40. The topological polar surface area (TPSA) is 93.1 Å². The third-order valence-electron chi connectivity index (χ3n) is 3.73. The van der Waals surface area contributed by atoms with E-state index in [0.717, 1.165) is 13.1 Å². The lowest BCUT2D eigenvalue weighted by Crippen LogP contribution is -2.57. The number of nitrogens with zero attached hydrogens (tertiary/aromatic N) is 3. The van der Waals surface area contributed by atoms with Crippen LogP contribution in [0.5, 0.6) is 0 Å². The molecule has 0 amide bonds. The molecule has 1 saturated heterocycles. The normalized spacial score (nSPS) is 15.0. The number of benzene rings is 1. The molecule has 2 aromatic rings. The van der Waals surface area contributed by atoms with Crippen molar-refractivity contribution >= 4 is 29.2 Å². The lowest BCUT2D eigenvalue weighted by atomic mass is 10.0. The molecular weight excluding hydrogens is 307 g/mol. The molecule has 2 heterocycles. The molecule has 0 saturated carbocycles. The molecule has 0 atom stereocenters. The lowest BCUT2D eigenvalue weighted by Gasteiger charge is -2.40. The van der Waals surface area contributed by atoms with Gasteiger partial charge in [0.25, 0.3) is 0 Å². The second kappa shape index (κ2) is 5.58. The average molecular weight is 323 g/mol. The van der Waals surface area contributed by atoms with Gasteiger partial charge in [0.05, 0.1) is 10.6 Å². The van der Waals surface area contributed by atoms with Gasteiger partial charge in [0.15, 0.2) is 0 Å². The molecular formula is C14H16ClFN6. The van der Waals surface area contributed by atoms with Gasteiger partial charge in [-0.15, -0.1) is 0 Å². The van der Waals surface area contributed by atoms with Gasteiger partial charge in [-0.2, -0.15) is 9.97 Å². The predicted molar refractivity (Wildman–Crippen MR) is 86.3 cm³/mol. The van der Waals surface area contributed by atoms with E-state index in [1.165, 1.54) is 12.1 Å². The fourth-order valence-electron chi connectivity index (χ4n) is 2.47. The number of nitrogen functional groups attached to an aromatic ring is 2. The smallest absolute Gasteiger partial charge is 0.223 e. The number of aromatic nitrogens is 2. The molecule has 1 aliphatic heterocycles. The van der Waals surface area contributed by atoms with Crippen molar-refractivity contribution in [3.8, 4) is 11.1 Å². The first kappa shape index (κ1) is 14.8. The van der Waals surface area contributed by atoms with Crippen LogP contribution in [0.3, 0.4) is 0 Å². The van der Waals surface area contributed by atoms with Crippen LogP contribution in [0, 0.1) is 5.82 Å². The van der Waals surface area contributed by atoms with Crippen molar-refractivity contribution in [1.29, 1.82) is 0 Å². The number of likely N-dealkylation sites (N-methyl/N-ethyl adjacent to an activating group) is 1. The van der Waals surface area contributed by atoms with Gasteiger partial charge >= 0.3 is 0 Å². The Kier molecular flexibility index (Phi) is 3.76. The molecule has 1 aromatic heterocycles. The number of rotatable bonds is 3. The summed E-state index contributed by atoms with van der Waals surface area (Å²) in [5.41, 5.74) is 13.0. The van der Waals surface area contributed by atoms with Crippen LogP contribution in [0.1, 0.15) is 0 Å². The fraction of sp³-hybridized carbons (Fsp3) is 0.286. The van der Waals surface area contributed by atoms with Crippen molar-refractivity contribution in [2.24, 2.45) is 0 Å². The standard InChI is InChI=1S/C14H16ClFN6/c1-19-8-5-22(6-8)13-11(12(17)20-14(18)21-13)7-2-3-10(16)9(15)4-7/h2-4,8,19H,5-6H2,1H3,(H4,17,18,20,21). The van der Waals surface area contributed by atoms with Gasteiger partial charge in [-0.1, -0.05) is 17.7 Å². The molecule has 3 rings (SSSR count). The van der Waals surface area contributed by atoms with Crippen LogP contribution >= 0.6 is 11.6 Å². The highest BCUT2D eigenvalue weighted by Crippen LogP contribution is 2.37. The van der Waals surface area contributed by atoms with Crippen molar-refractivity contribution in [2.75, 3.05) is 36.5 Å². The minimum Gasteiger partial charge on any atom is -0.383 e. The van der Waals surface area contributed by atoms with Crippen LogP contribution in [0.25, 0.3) is 11.1 Å². The van der Waals surface area contributed by atoms with E-state index in [0.29, 0.717) is 23.0 Å². The molecule has 1 aliphatic rings. The Morgan fingerprint density at radius 2 is 2.05 bits per heavy atom. The first-order valence-electron chi connectivity index (χ1n) is 6.80. The van der Waals surface area contributed by atoms with Crippen molar-refractivity contribution < 1.29 is 4.39 Å². The zero-order valence-corrected chi connectivity index (χ0v) is 12.7. The summed E-state index contributed by atoms with van der Waals surface area (Å²) in [4.78, 5) is 10.4. The summed E-state index contributed by atoms with van der Waals surface area (Å²) in [7, 11) is 1.91. The molecule has 0 bridgehead atoms. The zero-order chi connectivity index (χ0) is 15.9. The Hall–Kier alpha value is -2.12. The van der Waals surface area contributed by atoms with E-state index in [9.17, 15) is 4.39 Å². The number of nitrogens with one attached hydrogen (secondary N) is 1. The molecule has 1 aromatic carbocycles. The molecule has 1 fully saturated rings. The van der Waals surface area contributed by atoms with Gasteiger partial charge in [0.1, 0.15) is 17.5 Å². The van der Waals surface area contributed by atoms with E-state index in [2.05, 4.69) is 15.3 Å². The second-order valence-electron chi connectivity index (χ2n) is 5.19. The van der Waals surface area contributed by atoms with Crippen LogP contribution in [-0.2, 0) is 0 Å². The number of hydrogen-bond donors (Lipinski definition) is 3. The highest BCUT2D eigenvalue weighted by molar-refractivity contribution is 6.31. The molecule has 5 N–H and O–H groups in total. The van der Waals surface area contributed by atoms with E-state index >= 15 is 0 Å². The molecule has 22 heavy (non-hydrogen) atoms. The Labute approximate surface area is 132 Å². The highest BCUT2D eigenvalue weighted by atomic mass is 35.5. The number of hydrogen-bond acceptors (Lipinski definition) is 6. The quantitative estimate of drug-likeness (QED) is 0.793. The van der Waals surface area contributed by atoms with E-state index < -0.39 is 5.82 Å². The Morgan fingerprint density at radius 1 is 1.32 bits per heavy atom. The minimum atomic E-state index is -0.485. The van der Waals surface area contributed by atoms with E-state index in [1.807, 2.05) is 11.9 Å². The van der Waals surface area contributed by atoms with Crippen molar-refractivity contribution in [2.45, 2.75) is 6.04 Å². The Bertz CT molecular complexity index is 717. The molecule has 6 nitrogen and oxygen atoms in total. The van der Waals surface area contributed by atoms with E-state index in [1.54, 1.807) is 6.07 Å². The SMILES string of the molecule is CNC1CN(c2nc(N)nc(N)c2-c2ccc(F)c(Cl)c2)C1. The van der Waals surface area contributed by atoms with Gasteiger partial charge in [0, 0.05) is 19.1 Å². The van der Waals surface area contributed by atoms with Gasteiger partial charge in [-0.3, -0.25) is 0 Å². The first-order valence-corrected chi connectivity index (χ1v) is 7.18. The van der Waals surface area contributed by atoms with Crippen LogP contribution in [0.2, 0.25) is 5.02 Å². The fourth-order valence-corrected chi connectivity index (χ4v) is 2.66. The number of nitrogens with two attached hydrogens (primary N) is 2. The van der Waals surface area contributed by atoms with Crippen LogP contribution in [-0.4, -0.2) is 36.1 Å². The lowest BCUT2D eigenvalue weighted by molar-refractivity contribution is 0.447.